The Morgan fingerprint density at radius 2 is 1.77 bits per heavy atom. The molecule has 22 heavy (non-hydrogen) atoms. The van der Waals surface area contributed by atoms with Crippen molar-refractivity contribution in [2.45, 2.75) is 11.9 Å². The molecule has 0 aliphatic heterocycles. The normalized spacial score (nSPS) is 11.3. The number of benzene rings is 2. The fourth-order valence-corrected chi connectivity index (χ4v) is 2.63. The van der Waals surface area contributed by atoms with Crippen LogP contribution >= 0.6 is 24.0 Å². The van der Waals surface area contributed by atoms with Crippen molar-refractivity contribution in [1.29, 1.82) is 0 Å². The zero-order chi connectivity index (χ0) is 16.2. The minimum absolute atomic E-state index is 0.284. The third kappa shape index (κ3) is 4.99. The number of halogens is 4. The molecule has 0 bridgehead atoms. The van der Waals surface area contributed by atoms with Gasteiger partial charge in [0.2, 0.25) is 0 Å². The Morgan fingerprint density at radius 1 is 1.09 bits per heavy atom. The largest absolute Gasteiger partial charge is 0.416 e. The Bertz CT molecular complexity index is 653. The predicted octanol–water partition coefficient (Wildman–Crippen LogP) is 5.47. The number of thioether (sulfide) groups is 1. The molecule has 0 aromatic heterocycles. The molecule has 116 valence electrons. The number of hydrogen-bond acceptors (Lipinski definition) is 2. The first-order chi connectivity index (χ1) is 10.3. The van der Waals surface area contributed by atoms with Crippen molar-refractivity contribution in [3.8, 4) is 0 Å². The van der Waals surface area contributed by atoms with Crippen LogP contribution in [0.3, 0.4) is 0 Å². The van der Waals surface area contributed by atoms with Crippen LogP contribution in [0.1, 0.15) is 11.1 Å². The summed E-state index contributed by atoms with van der Waals surface area (Å²) in [5.74, 6) is 0.184. The van der Waals surface area contributed by atoms with Gasteiger partial charge in [-0.15, -0.1) is 0 Å². The Balaban J connectivity index is 1.93. The molecule has 0 heterocycles. The van der Waals surface area contributed by atoms with Gasteiger partial charge >= 0.3 is 6.18 Å². The number of hydrogen-bond donors (Lipinski definition) is 1. The average molecular weight is 345 g/mol. The third-order valence-electron chi connectivity index (χ3n) is 2.72. The summed E-state index contributed by atoms with van der Waals surface area (Å²) in [6, 6.07) is 10.8. The van der Waals surface area contributed by atoms with Gasteiger partial charge in [-0.2, -0.15) is 13.2 Å². The maximum Gasteiger partial charge on any atom is 0.416 e. The summed E-state index contributed by atoms with van der Waals surface area (Å²) >= 11 is 6.35. The molecule has 2 rings (SSSR count). The minimum atomic E-state index is -4.39. The van der Waals surface area contributed by atoms with Crippen LogP contribution in [0.15, 0.2) is 48.5 Å². The van der Waals surface area contributed by atoms with Crippen molar-refractivity contribution < 1.29 is 17.6 Å². The van der Waals surface area contributed by atoms with Gasteiger partial charge in [0, 0.05) is 11.4 Å². The molecule has 0 amide bonds. The number of nitrogens with one attached hydrogen (secondary N) is 1. The monoisotopic (exact) mass is 345 g/mol. The summed E-state index contributed by atoms with van der Waals surface area (Å²) in [6.45, 7) is 0. The Hall–Kier alpha value is -1.60. The molecule has 0 unspecified atom stereocenters. The highest BCUT2D eigenvalue weighted by Gasteiger charge is 2.30. The van der Waals surface area contributed by atoms with E-state index in [4.69, 9.17) is 12.2 Å². The van der Waals surface area contributed by atoms with Crippen LogP contribution in [0.4, 0.5) is 23.2 Å². The maximum absolute atomic E-state index is 12.8. The number of anilines is 1. The molecule has 7 heteroatoms. The third-order valence-corrected chi connectivity index (χ3v) is 4.02. The molecule has 0 radical (unpaired) electrons. The molecular weight excluding hydrogens is 334 g/mol. The van der Waals surface area contributed by atoms with Crippen LogP contribution in [0, 0.1) is 5.82 Å². The van der Waals surface area contributed by atoms with Gasteiger partial charge in [-0.25, -0.2) is 4.39 Å². The van der Waals surface area contributed by atoms with E-state index in [9.17, 15) is 17.6 Å². The second-order valence-electron chi connectivity index (χ2n) is 4.41. The van der Waals surface area contributed by atoms with E-state index in [1.54, 1.807) is 12.1 Å². The van der Waals surface area contributed by atoms with Crippen LogP contribution in [0.25, 0.3) is 0 Å². The van der Waals surface area contributed by atoms with Crippen LogP contribution in [-0.2, 0) is 11.9 Å². The zero-order valence-electron chi connectivity index (χ0n) is 11.2. The van der Waals surface area contributed by atoms with Crippen molar-refractivity contribution >= 4 is 34.0 Å². The van der Waals surface area contributed by atoms with E-state index >= 15 is 0 Å². The van der Waals surface area contributed by atoms with Crippen LogP contribution in [0.5, 0.6) is 0 Å². The molecule has 0 saturated heterocycles. The summed E-state index contributed by atoms with van der Waals surface area (Å²) in [4.78, 5) is 0. The van der Waals surface area contributed by atoms with Gasteiger partial charge in [0.15, 0.2) is 0 Å². The molecular formula is C15H11F4NS2. The molecule has 0 saturated carbocycles. The topological polar surface area (TPSA) is 12.0 Å². The second-order valence-corrected chi connectivity index (χ2v) is 6.06. The van der Waals surface area contributed by atoms with Gasteiger partial charge in [0.1, 0.15) is 10.1 Å². The van der Waals surface area contributed by atoms with Crippen molar-refractivity contribution in [1.82, 2.24) is 0 Å². The van der Waals surface area contributed by atoms with Gasteiger partial charge in [-0.1, -0.05) is 42.2 Å². The van der Waals surface area contributed by atoms with Crippen LogP contribution < -0.4 is 5.32 Å². The highest BCUT2D eigenvalue weighted by Crippen LogP contribution is 2.31. The summed E-state index contributed by atoms with van der Waals surface area (Å²) < 4.78 is 51.0. The minimum Gasteiger partial charge on any atom is -0.341 e. The number of thiocarbonyl (C=S) groups is 1. The lowest BCUT2D eigenvalue weighted by Gasteiger charge is -2.11. The molecule has 2 aromatic carbocycles. The van der Waals surface area contributed by atoms with Crippen molar-refractivity contribution in [2.24, 2.45) is 0 Å². The van der Waals surface area contributed by atoms with Gasteiger partial charge < -0.3 is 5.32 Å². The van der Waals surface area contributed by atoms with E-state index in [2.05, 4.69) is 5.32 Å². The van der Waals surface area contributed by atoms with Crippen molar-refractivity contribution in [3.63, 3.8) is 0 Å². The van der Waals surface area contributed by atoms with Gasteiger partial charge in [0.25, 0.3) is 0 Å². The molecule has 1 N–H and O–H groups in total. The molecule has 0 spiro atoms. The molecule has 0 aliphatic carbocycles. The Morgan fingerprint density at radius 3 is 2.41 bits per heavy atom. The van der Waals surface area contributed by atoms with E-state index in [-0.39, 0.29) is 11.5 Å². The smallest absolute Gasteiger partial charge is 0.341 e. The molecule has 0 atom stereocenters. The zero-order valence-corrected chi connectivity index (χ0v) is 12.8. The predicted molar refractivity (Wildman–Crippen MR) is 85.4 cm³/mol. The Labute approximate surface area is 134 Å². The standard InChI is InChI=1S/C15H11F4NS2/c16-12-6-4-10(5-7-12)9-22-14(21)20-13-3-1-2-11(8-13)15(17,18)19/h1-8H,9H2,(H,20,21). The lowest BCUT2D eigenvalue weighted by Crippen LogP contribution is -2.08. The summed E-state index contributed by atoms with van der Waals surface area (Å²) in [5.41, 5.74) is 0.426. The van der Waals surface area contributed by atoms with Crippen molar-refractivity contribution in [3.05, 3.63) is 65.5 Å². The summed E-state index contributed by atoms with van der Waals surface area (Å²) in [5, 5.41) is 2.76. The SMILES string of the molecule is Fc1ccc(CSC(=S)Nc2cccc(C(F)(F)F)c2)cc1. The van der Waals surface area contributed by atoms with E-state index < -0.39 is 11.7 Å². The quantitative estimate of drug-likeness (QED) is 0.585. The van der Waals surface area contributed by atoms with E-state index in [0.29, 0.717) is 10.1 Å². The molecule has 2 aromatic rings. The highest BCUT2D eigenvalue weighted by atomic mass is 32.2. The van der Waals surface area contributed by atoms with E-state index in [1.165, 1.54) is 36.0 Å². The van der Waals surface area contributed by atoms with Crippen LogP contribution in [-0.4, -0.2) is 4.32 Å². The fraction of sp³-hybridized carbons (Fsp3) is 0.133. The first-order valence-electron chi connectivity index (χ1n) is 6.20. The number of rotatable bonds is 3. The summed E-state index contributed by atoms with van der Waals surface area (Å²) in [6.07, 6.45) is -4.39. The van der Waals surface area contributed by atoms with Crippen LogP contribution in [0.2, 0.25) is 0 Å². The first kappa shape index (κ1) is 16.8. The van der Waals surface area contributed by atoms with Crippen molar-refractivity contribution in [2.75, 3.05) is 5.32 Å². The molecule has 0 fully saturated rings. The maximum atomic E-state index is 12.8. The second kappa shape index (κ2) is 7.11. The van der Waals surface area contributed by atoms with Gasteiger partial charge in [-0.05, 0) is 35.9 Å². The van der Waals surface area contributed by atoms with E-state index in [1.807, 2.05) is 0 Å². The molecule has 0 aliphatic rings. The Kier molecular flexibility index (Phi) is 5.42. The highest BCUT2D eigenvalue weighted by molar-refractivity contribution is 8.22. The fourth-order valence-electron chi connectivity index (χ4n) is 1.66. The van der Waals surface area contributed by atoms with Gasteiger partial charge in [-0.3, -0.25) is 0 Å². The lowest BCUT2D eigenvalue weighted by atomic mass is 10.2. The number of alkyl halides is 3. The van der Waals surface area contributed by atoms with Gasteiger partial charge in [0.05, 0.1) is 5.56 Å². The lowest BCUT2D eigenvalue weighted by molar-refractivity contribution is -0.137. The first-order valence-corrected chi connectivity index (χ1v) is 7.59. The average Bonchev–Trinajstić information content (AvgIpc) is 2.46. The summed E-state index contributed by atoms with van der Waals surface area (Å²) in [7, 11) is 0. The molecule has 1 nitrogen and oxygen atoms in total. The van der Waals surface area contributed by atoms with E-state index in [0.717, 1.165) is 17.7 Å².